The number of nitrogens with zero attached hydrogens (tertiary/aromatic N) is 1. The number of rotatable bonds is 4. The molecule has 2 N–H and O–H groups in total. The van der Waals surface area contributed by atoms with Crippen LogP contribution in [0.3, 0.4) is 0 Å². The average Bonchev–Trinajstić information content (AvgIpc) is 2.28. The number of hydrogen-bond acceptors (Lipinski definition) is 2. The summed E-state index contributed by atoms with van der Waals surface area (Å²) in [6.45, 7) is 6.65. The number of halogens is 1. The molecule has 0 fully saturated rings. The molecule has 1 aromatic carbocycles. The molecular formula is C14H23ClN2O. The summed E-state index contributed by atoms with van der Waals surface area (Å²) >= 11 is 0. The van der Waals surface area contributed by atoms with E-state index in [4.69, 9.17) is 5.73 Å². The predicted octanol–water partition coefficient (Wildman–Crippen LogP) is 2.54. The summed E-state index contributed by atoms with van der Waals surface area (Å²) in [6, 6.07) is 7.93. The Labute approximate surface area is 116 Å². The molecule has 102 valence electrons. The van der Waals surface area contributed by atoms with Gasteiger partial charge < -0.3 is 10.6 Å². The number of nitrogens with two attached hydrogens (primary N) is 1. The first-order valence-electron chi connectivity index (χ1n) is 6.01. The van der Waals surface area contributed by atoms with Gasteiger partial charge in [0, 0.05) is 13.6 Å². The maximum Gasteiger partial charge on any atom is 0.239 e. The third-order valence-corrected chi connectivity index (χ3v) is 2.83. The van der Waals surface area contributed by atoms with Gasteiger partial charge in [0.2, 0.25) is 5.91 Å². The van der Waals surface area contributed by atoms with Gasteiger partial charge in [0.25, 0.3) is 0 Å². The first kappa shape index (κ1) is 16.9. The molecule has 0 saturated carbocycles. The molecule has 0 bridgehead atoms. The highest BCUT2D eigenvalue weighted by Crippen LogP contribution is 2.15. The molecule has 0 aliphatic carbocycles. The van der Waals surface area contributed by atoms with Crippen molar-refractivity contribution in [3.63, 3.8) is 0 Å². The molecule has 0 aliphatic heterocycles. The first-order chi connectivity index (χ1) is 7.91. The van der Waals surface area contributed by atoms with Crippen LogP contribution < -0.4 is 5.73 Å². The molecule has 1 rings (SSSR count). The summed E-state index contributed by atoms with van der Waals surface area (Å²) in [6.07, 6.45) is 0. The molecule has 18 heavy (non-hydrogen) atoms. The normalized spacial score (nSPS) is 11.9. The third-order valence-electron chi connectivity index (χ3n) is 2.83. The molecule has 0 aliphatic rings. The summed E-state index contributed by atoms with van der Waals surface area (Å²) in [5, 5.41) is 0. The second kappa shape index (κ2) is 7.39. The Bertz CT molecular complexity index is 374. The van der Waals surface area contributed by atoms with Crippen LogP contribution in [-0.4, -0.2) is 23.9 Å². The summed E-state index contributed by atoms with van der Waals surface area (Å²) in [7, 11) is 1.78. The van der Waals surface area contributed by atoms with E-state index in [2.05, 4.69) is 38.1 Å². The van der Waals surface area contributed by atoms with E-state index < -0.39 is 6.04 Å². The van der Waals surface area contributed by atoms with Crippen LogP contribution >= 0.6 is 12.4 Å². The smallest absolute Gasteiger partial charge is 0.239 e. The van der Waals surface area contributed by atoms with Crippen LogP contribution in [0.5, 0.6) is 0 Å². The van der Waals surface area contributed by atoms with Gasteiger partial charge in [-0.05, 0) is 24.0 Å². The highest BCUT2D eigenvalue weighted by atomic mass is 35.5. The standard InChI is InChI=1S/C14H22N2O.ClH/c1-10(2)13-7-5-12(6-8-13)9-16(4)14(17)11(3)15;/h5-8,10-11H,9,15H2,1-4H3;1H/t11-;/m1./s1. The molecule has 0 unspecified atom stereocenters. The monoisotopic (exact) mass is 270 g/mol. The SMILES string of the molecule is CC(C)c1ccc(CN(C)C(=O)[C@@H](C)N)cc1.Cl. The number of hydrogen-bond donors (Lipinski definition) is 1. The molecule has 1 amide bonds. The van der Waals surface area contributed by atoms with Gasteiger partial charge in [-0.15, -0.1) is 12.4 Å². The van der Waals surface area contributed by atoms with E-state index in [0.717, 1.165) is 5.56 Å². The maximum atomic E-state index is 11.6. The molecule has 0 spiro atoms. The zero-order chi connectivity index (χ0) is 13.0. The molecule has 1 aromatic rings. The Hall–Kier alpha value is -1.06. The van der Waals surface area contributed by atoms with Crippen molar-refractivity contribution in [3.05, 3.63) is 35.4 Å². The highest BCUT2D eigenvalue weighted by Gasteiger charge is 2.13. The minimum Gasteiger partial charge on any atom is -0.340 e. The van der Waals surface area contributed by atoms with Crippen molar-refractivity contribution in [2.75, 3.05) is 7.05 Å². The van der Waals surface area contributed by atoms with Crippen LogP contribution in [0.1, 0.15) is 37.8 Å². The Morgan fingerprint density at radius 1 is 1.22 bits per heavy atom. The second-order valence-corrected chi connectivity index (χ2v) is 4.88. The number of carbonyl (C=O) groups excluding carboxylic acids is 1. The van der Waals surface area contributed by atoms with E-state index >= 15 is 0 Å². The van der Waals surface area contributed by atoms with Crippen molar-refractivity contribution in [1.29, 1.82) is 0 Å². The second-order valence-electron chi connectivity index (χ2n) is 4.88. The first-order valence-corrected chi connectivity index (χ1v) is 6.01. The predicted molar refractivity (Wildman–Crippen MR) is 77.9 cm³/mol. The number of carbonyl (C=O) groups is 1. The lowest BCUT2D eigenvalue weighted by Gasteiger charge is -2.19. The minimum atomic E-state index is -0.435. The Balaban J connectivity index is 0.00000289. The van der Waals surface area contributed by atoms with Crippen molar-refractivity contribution < 1.29 is 4.79 Å². The van der Waals surface area contributed by atoms with Crippen LogP contribution in [-0.2, 0) is 11.3 Å². The number of amides is 1. The van der Waals surface area contributed by atoms with E-state index in [1.54, 1.807) is 18.9 Å². The molecular weight excluding hydrogens is 248 g/mol. The van der Waals surface area contributed by atoms with Gasteiger partial charge in [0.15, 0.2) is 0 Å². The zero-order valence-corrected chi connectivity index (χ0v) is 12.3. The van der Waals surface area contributed by atoms with Crippen molar-refractivity contribution in [3.8, 4) is 0 Å². The van der Waals surface area contributed by atoms with Crippen LogP contribution in [0.4, 0.5) is 0 Å². The Morgan fingerprint density at radius 2 is 1.72 bits per heavy atom. The van der Waals surface area contributed by atoms with Gasteiger partial charge in [-0.1, -0.05) is 38.1 Å². The van der Waals surface area contributed by atoms with Crippen molar-refractivity contribution in [1.82, 2.24) is 4.90 Å². The average molecular weight is 271 g/mol. The third kappa shape index (κ3) is 4.67. The lowest BCUT2D eigenvalue weighted by Crippen LogP contribution is -2.39. The van der Waals surface area contributed by atoms with Crippen LogP contribution in [0.15, 0.2) is 24.3 Å². The van der Waals surface area contributed by atoms with E-state index in [0.29, 0.717) is 12.5 Å². The number of benzene rings is 1. The van der Waals surface area contributed by atoms with Crippen LogP contribution in [0.2, 0.25) is 0 Å². The van der Waals surface area contributed by atoms with Gasteiger partial charge in [-0.3, -0.25) is 4.79 Å². The van der Waals surface area contributed by atoms with Crippen LogP contribution in [0, 0.1) is 0 Å². The highest BCUT2D eigenvalue weighted by molar-refractivity contribution is 5.85. The van der Waals surface area contributed by atoms with E-state index in [1.807, 2.05) is 0 Å². The van der Waals surface area contributed by atoms with Crippen molar-refractivity contribution >= 4 is 18.3 Å². The molecule has 0 aromatic heterocycles. The lowest BCUT2D eigenvalue weighted by molar-refractivity contribution is -0.131. The molecule has 0 saturated heterocycles. The molecule has 3 nitrogen and oxygen atoms in total. The van der Waals surface area contributed by atoms with Gasteiger partial charge in [-0.2, -0.15) is 0 Å². The van der Waals surface area contributed by atoms with Crippen molar-refractivity contribution in [2.45, 2.75) is 39.3 Å². The van der Waals surface area contributed by atoms with E-state index in [-0.39, 0.29) is 18.3 Å². The van der Waals surface area contributed by atoms with E-state index in [9.17, 15) is 4.79 Å². The van der Waals surface area contributed by atoms with E-state index in [1.165, 1.54) is 5.56 Å². The van der Waals surface area contributed by atoms with Gasteiger partial charge in [0.1, 0.15) is 0 Å². The topological polar surface area (TPSA) is 46.3 Å². The minimum absolute atomic E-state index is 0. The summed E-state index contributed by atoms with van der Waals surface area (Å²) in [5.41, 5.74) is 8.01. The molecule has 0 heterocycles. The summed E-state index contributed by atoms with van der Waals surface area (Å²) in [5.74, 6) is 0.505. The maximum absolute atomic E-state index is 11.6. The number of likely N-dealkylation sites (N-methyl/N-ethyl adjacent to an activating group) is 1. The summed E-state index contributed by atoms with van der Waals surface area (Å²) in [4.78, 5) is 13.3. The largest absolute Gasteiger partial charge is 0.340 e. The van der Waals surface area contributed by atoms with Gasteiger partial charge in [0.05, 0.1) is 6.04 Å². The molecule has 0 radical (unpaired) electrons. The Kier molecular flexibility index (Phi) is 6.96. The lowest BCUT2D eigenvalue weighted by atomic mass is 10.0. The van der Waals surface area contributed by atoms with Gasteiger partial charge in [-0.25, -0.2) is 0 Å². The summed E-state index contributed by atoms with van der Waals surface area (Å²) < 4.78 is 0. The Morgan fingerprint density at radius 3 is 2.11 bits per heavy atom. The fourth-order valence-corrected chi connectivity index (χ4v) is 1.71. The molecule has 1 atom stereocenters. The fourth-order valence-electron chi connectivity index (χ4n) is 1.71. The van der Waals surface area contributed by atoms with Gasteiger partial charge >= 0.3 is 0 Å². The quantitative estimate of drug-likeness (QED) is 0.914. The zero-order valence-electron chi connectivity index (χ0n) is 11.5. The van der Waals surface area contributed by atoms with Crippen LogP contribution in [0.25, 0.3) is 0 Å². The fraction of sp³-hybridized carbons (Fsp3) is 0.500. The van der Waals surface area contributed by atoms with Crippen molar-refractivity contribution in [2.24, 2.45) is 5.73 Å². The molecule has 4 heteroatoms.